The fraction of sp³-hybridized carbons (Fsp3) is 0.588. The Labute approximate surface area is 179 Å². The monoisotopic (exact) mass is 514 g/mol. The number of rotatable bonds is 11. The topological polar surface area (TPSA) is 115 Å². The van der Waals surface area contributed by atoms with Gasteiger partial charge >= 0.3 is 0 Å². The highest BCUT2D eigenvalue weighted by Crippen LogP contribution is 2.21. The smallest absolute Gasteiger partial charge is 0.210 e. The number of aliphatic imine (C=N–C) groups is 1. The summed E-state index contributed by atoms with van der Waals surface area (Å²) in [4.78, 5) is 4.49. The third-order valence-electron chi connectivity index (χ3n) is 3.34. The zero-order valence-corrected chi connectivity index (χ0v) is 19.3. The summed E-state index contributed by atoms with van der Waals surface area (Å²) in [5.41, 5.74) is 2.04. The molecule has 1 rings (SSSR count). The Kier molecular flexibility index (Phi) is 13.4. The van der Waals surface area contributed by atoms with Crippen molar-refractivity contribution in [3.05, 3.63) is 29.3 Å². The number of nitrogens with one attached hydrogen (secondary N) is 2. The first-order valence-electron chi connectivity index (χ1n) is 8.68. The van der Waals surface area contributed by atoms with Gasteiger partial charge in [0.2, 0.25) is 10.0 Å². The van der Waals surface area contributed by atoms with E-state index in [9.17, 15) is 8.42 Å². The van der Waals surface area contributed by atoms with Gasteiger partial charge in [0.1, 0.15) is 12.4 Å². The Morgan fingerprint density at radius 3 is 2.59 bits per heavy atom. The zero-order chi connectivity index (χ0) is 19.4. The molecular formula is C17H31IN4O4S. The van der Waals surface area contributed by atoms with Crippen LogP contribution in [-0.4, -0.2) is 53.0 Å². The van der Waals surface area contributed by atoms with Gasteiger partial charge < -0.3 is 20.1 Å². The predicted molar refractivity (Wildman–Crippen MR) is 119 cm³/mol. The Balaban J connectivity index is 0.00000676. The summed E-state index contributed by atoms with van der Waals surface area (Å²) in [6.07, 6.45) is 0. The first-order chi connectivity index (χ1) is 12.4. The third-order valence-corrected chi connectivity index (χ3v) is 4.12. The molecule has 1 aromatic rings. The van der Waals surface area contributed by atoms with Gasteiger partial charge in [0.25, 0.3) is 0 Å². The molecule has 0 aliphatic carbocycles. The van der Waals surface area contributed by atoms with Crippen molar-refractivity contribution in [3.63, 3.8) is 0 Å². The number of nitrogens with two attached hydrogens (primary N) is 1. The second kappa shape index (κ2) is 14.0. The van der Waals surface area contributed by atoms with E-state index in [4.69, 9.17) is 14.6 Å². The van der Waals surface area contributed by atoms with Crippen molar-refractivity contribution in [1.29, 1.82) is 0 Å². The quantitative estimate of drug-likeness (QED) is 0.178. The molecule has 1 aromatic carbocycles. The van der Waals surface area contributed by atoms with Crippen molar-refractivity contribution in [2.75, 3.05) is 38.7 Å². The predicted octanol–water partition coefficient (Wildman–Crippen LogP) is 1.37. The lowest BCUT2D eigenvalue weighted by atomic mass is 10.1. The molecule has 0 fully saturated rings. The van der Waals surface area contributed by atoms with E-state index in [1.165, 1.54) is 0 Å². The van der Waals surface area contributed by atoms with Crippen LogP contribution in [0.3, 0.4) is 0 Å². The van der Waals surface area contributed by atoms with Crippen LogP contribution in [0.4, 0.5) is 0 Å². The number of hydrogen-bond acceptors (Lipinski definition) is 5. The molecular weight excluding hydrogens is 483 g/mol. The number of nitrogens with zero attached hydrogens (tertiary/aromatic N) is 1. The summed E-state index contributed by atoms with van der Waals surface area (Å²) in [5.74, 6) is 1.14. The number of guanidine groups is 1. The molecule has 10 heteroatoms. The molecule has 0 atom stereocenters. The molecule has 0 aliphatic rings. The van der Waals surface area contributed by atoms with Gasteiger partial charge in [-0.25, -0.2) is 18.5 Å². The van der Waals surface area contributed by atoms with E-state index in [1.54, 1.807) is 0 Å². The van der Waals surface area contributed by atoms with Crippen molar-refractivity contribution >= 4 is 40.0 Å². The van der Waals surface area contributed by atoms with Crippen molar-refractivity contribution in [3.8, 4) is 5.75 Å². The Morgan fingerprint density at radius 1 is 1.22 bits per heavy atom. The van der Waals surface area contributed by atoms with E-state index >= 15 is 0 Å². The minimum Gasteiger partial charge on any atom is -0.491 e. The number of halogens is 1. The molecule has 0 saturated heterocycles. The van der Waals surface area contributed by atoms with Crippen LogP contribution in [0.15, 0.2) is 23.2 Å². The molecule has 0 heterocycles. The maximum atomic E-state index is 11.0. The van der Waals surface area contributed by atoms with Crippen molar-refractivity contribution in [1.82, 2.24) is 10.6 Å². The molecule has 0 amide bonds. The Morgan fingerprint density at radius 2 is 1.96 bits per heavy atom. The van der Waals surface area contributed by atoms with E-state index in [-0.39, 0.29) is 36.3 Å². The molecule has 0 aromatic heterocycles. The number of primary sulfonamides is 1. The fourth-order valence-corrected chi connectivity index (χ4v) is 2.49. The maximum absolute atomic E-state index is 11.0. The summed E-state index contributed by atoms with van der Waals surface area (Å²) in [6, 6.07) is 5.95. The van der Waals surface area contributed by atoms with Crippen LogP contribution in [0.2, 0.25) is 0 Å². The van der Waals surface area contributed by atoms with Crippen LogP contribution in [0, 0.1) is 6.92 Å². The minimum absolute atomic E-state index is 0. The van der Waals surface area contributed by atoms with Crippen LogP contribution >= 0.6 is 24.0 Å². The first-order valence-corrected chi connectivity index (χ1v) is 10.4. The second-order valence-electron chi connectivity index (χ2n) is 5.65. The summed E-state index contributed by atoms with van der Waals surface area (Å²) in [7, 11) is -3.51. The molecule has 0 aliphatic heterocycles. The van der Waals surface area contributed by atoms with Crippen molar-refractivity contribution < 1.29 is 17.9 Å². The number of benzene rings is 1. The van der Waals surface area contributed by atoms with Crippen LogP contribution in [0.5, 0.6) is 5.75 Å². The highest BCUT2D eigenvalue weighted by atomic mass is 127. The molecule has 0 radical (unpaired) electrons. The highest BCUT2D eigenvalue weighted by Gasteiger charge is 2.06. The second-order valence-corrected chi connectivity index (χ2v) is 7.38. The van der Waals surface area contributed by atoms with Gasteiger partial charge in [0, 0.05) is 25.3 Å². The SMILES string of the molecule is CCNC(=NCc1ccc(C)cc1OCCOCC)NCCS(N)(=O)=O.I. The normalized spacial score (nSPS) is 11.6. The standard InChI is InChI=1S/C17H30N4O4S.HI/c1-4-19-17(20-8-11-26(18,22)23)21-13-15-7-6-14(3)12-16(15)25-10-9-24-5-2;/h6-7,12H,4-5,8-11,13H2,1-3H3,(H2,18,22,23)(H2,19,20,21);1H. The number of hydrogen-bond donors (Lipinski definition) is 3. The zero-order valence-electron chi connectivity index (χ0n) is 16.2. The molecule has 27 heavy (non-hydrogen) atoms. The van der Waals surface area contributed by atoms with E-state index < -0.39 is 10.0 Å². The van der Waals surface area contributed by atoms with Gasteiger partial charge in [-0.2, -0.15) is 0 Å². The van der Waals surface area contributed by atoms with Crippen LogP contribution < -0.4 is 20.5 Å². The molecule has 4 N–H and O–H groups in total. The first kappa shape index (κ1) is 25.9. The summed E-state index contributed by atoms with van der Waals surface area (Å²) >= 11 is 0. The summed E-state index contributed by atoms with van der Waals surface area (Å²) < 4.78 is 33.2. The molecule has 0 saturated carbocycles. The lowest BCUT2D eigenvalue weighted by Crippen LogP contribution is -2.40. The lowest BCUT2D eigenvalue weighted by Gasteiger charge is -2.13. The highest BCUT2D eigenvalue weighted by molar-refractivity contribution is 14.0. The molecule has 0 unspecified atom stereocenters. The van der Waals surface area contributed by atoms with E-state index in [2.05, 4.69) is 15.6 Å². The van der Waals surface area contributed by atoms with Gasteiger partial charge in [-0.1, -0.05) is 12.1 Å². The van der Waals surface area contributed by atoms with Gasteiger partial charge in [0.15, 0.2) is 5.96 Å². The Hall–Kier alpha value is -1.11. The van der Waals surface area contributed by atoms with Gasteiger partial charge in [0.05, 0.1) is 18.9 Å². The molecule has 0 bridgehead atoms. The maximum Gasteiger partial charge on any atom is 0.210 e. The molecule has 156 valence electrons. The van der Waals surface area contributed by atoms with Crippen molar-refractivity contribution in [2.24, 2.45) is 10.1 Å². The third kappa shape index (κ3) is 12.1. The van der Waals surface area contributed by atoms with E-state index in [0.717, 1.165) is 16.9 Å². The van der Waals surface area contributed by atoms with Gasteiger partial charge in [-0.3, -0.25) is 0 Å². The number of aryl methyl sites for hydroxylation is 1. The number of ether oxygens (including phenoxy) is 2. The summed E-state index contributed by atoms with van der Waals surface area (Å²) in [6.45, 7) is 8.79. The van der Waals surface area contributed by atoms with E-state index in [0.29, 0.717) is 38.9 Å². The summed E-state index contributed by atoms with van der Waals surface area (Å²) in [5, 5.41) is 11.0. The van der Waals surface area contributed by atoms with Gasteiger partial charge in [-0.15, -0.1) is 24.0 Å². The largest absolute Gasteiger partial charge is 0.491 e. The molecule has 8 nitrogen and oxygen atoms in total. The average molecular weight is 514 g/mol. The Bertz CT molecular complexity index is 684. The van der Waals surface area contributed by atoms with Crippen LogP contribution in [0.25, 0.3) is 0 Å². The number of sulfonamides is 1. The van der Waals surface area contributed by atoms with Crippen LogP contribution in [0.1, 0.15) is 25.0 Å². The lowest BCUT2D eigenvalue weighted by molar-refractivity contribution is 0.110. The van der Waals surface area contributed by atoms with Crippen LogP contribution in [-0.2, 0) is 21.3 Å². The minimum atomic E-state index is -3.51. The fourth-order valence-electron chi connectivity index (χ4n) is 2.10. The van der Waals surface area contributed by atoms with Gasteiger partial charge in [-0.05, 0) is 32.4 Å². The average Bonchev–Trinajstić information content (AvgIpc) is 2.56. The van der Waals surface area contributed by atoms with E-state index in [1.807, 2.05) is 39.0 Å². The van der Waals surface area contributed by atoms with Crippen molar-refractivity contribution in [2.45, 2.75) is 27.3 Å². The molecule has 0 spiro atoms.